The highest BCUT2D eigenvalue weighted by molar-refractivity contribution is 6.31. The van der Waals surface area contributed by atoms with Crippen LogP contribution in [0.15, 0.2) is 18.2 Å². The lowest BCUT2D eigenvalue weighted by molar-refractivity contribution is -0.126. The maximum atomic E-state index is 12.6. The Morgan fingerprint density at radius 3 is 2.91 bits per heavy atom. The molecule has 1 unspecified atom stereocenters. The number of likely N-dealkylation sites (tertiary alicyclic amines) is 1. The number of rotatable bonds is 4. The molecule has 1 aromatic carbocycles. The first-order chi connectivity index (χ1) is 10.5. The van der Waals surface area contributed by atoms with Gasteiger partial charge in [-0.05, 0) is 37.5 Å². The van der Waals surface area contributed by atoms with Gasteiger partial charge in [-0.1, -0.05) is 17.7 Å². The molecule has 1 aromatic rings. The fraction of sp³-hybridized carbons (Fsp3) is 0.500. The van der Waals surface area contributed by atoms with Crippen molar-refractivity contribution < 1.29 is 9.59 Å². The van der Waals surface area contributed by atoms with Crippen LogP contribution < -0.4 is 11.1 Å². The van der Waals surface area contributed by atoms with Crippen LogP contribution in [-0.4, -0.2) is 42.9 Å². The summed E-state index contributed by atoms with van der Waals surface area (Å²) in [6.45, 7) is 3.90. The molecule has 5 nitrogen and oxygen atoms in total. The molecule has 0 aliphatic carbocycles. The van der Waals surface area contributed by atoms with Gasteiger partial charge in [-0.3, -0.25) is 9.59 Å². The number of carbonyl (C=O) groups is 2. The van der Waals surface area contributed by atoms with E-state index in [0.29, 0.717) is 36.8 Å². The predicted molar refractivity (Wildman–Crippen MR) is 86.9 cm³/mol. The second-order valence-corrected chi connectivity index (χ2v) is 6.04. The predicted octanol–water partition coefficient (Wildman–Crippen LogP) is 1.58. The summed E-state index contributed by atoms with van der Waals surface area (Å²) in [6, 6.07) is 5.31. The summed E-state index contributed by atoms with van der Waals surface area (Å²) >= 11 is 6.09. The molecule has 120 valence electrons. The van der Waals surface area contributed by atoms with Crippen LogP contribution in [0.3, 0.4) is 0 Å². The van der Waals surface area contributed by atoms with Gasteiger partial charge in [0.15, 0.2) is 0 Å². The van der Waals surface area contributed by atoms with Crippen LogP contribution in [0.4, 0.5) is 0 Å². The average Bonchev–Trinajstić information content (AvgIpc) is 2.54. The van der Waals surface area contributed by atoms with Gasteiger partial charge in [0, 0.05) is 36.8 Å². The van der Waals surface area contributed by atoms with E-state index < -0.39 is 0 Å². The number of hydrogen-bond acceptors (Lipinski definition) is 3. The summed E-state index contributed by atoms with van der Waals surface area (Å²) in [5.74, 6) is -0.256. The highest BCUT2D eigenvalue weighted by Crippen LogP contribution is 2.21. The number of nitrogens with two attached hydrogens (primary N) is 1. The van der Waals surface area contributed by atoms with Crippen molar-refractivity contribution in [2.75, 3.05) is 26.2 Å². The summed E-state index contributed by atoms with van der Waals surface area (Å²) in [5, 5.41) is 3.38. The molecule has 0 aromatic heterocycles. The summed E-state index contributed by atoms with van der Waals surface area (Å²) in [5.41, 5.74) is 6.90. The molecule has 0 bridgehead atoms. The van der Waals surface area contributed by atoms with Crippen molar-refractivity contribution in [3.8, 4) is 0 Å². The number of nitrogens with zero attached hydrogens (tertiary/aromatic N) is 1. The molecule has 0 saturated carbocycles. The van der Waals surface area contributed by atoms with Gasteiger partial charge in [-0.25, -0.2) is 0 Å². The van der Waals surface area contributed by atoms with E-state index in [4.69, 9.17) is 17.3 Å². The third-order valence-electron chi connectivity index (χ3n) is 3.94. The molecule has 1 aliphatic heterocycles. The molecule has 1 fully saturated rings. The van der Waals surface area contributed by atoms with Crippen molar-refractivity contribution >= 4 is 23.4 Å². The van der Waals surface area contributed by atoms with Crippen molar-refractivity contribution in [2.24, 2.45) is 11.7 Å². The van der Waals surface area contributed by atoms with Gasteiger partial charge in [0.1, 0.15) is 0 Å². The van der Waals surface area contributed by atoms with Gasteiger partial charge in [-0.2, -0.15) is 0 Å². The van der Waals surface area contributed by atoms with Crippen LogP contribution in [-0.2, 0) is 4.79 Å². The van der Waals surface area contributed by atoms with Gasteiger partial charge >= 0.3 is 0 Å². The normalized spacial score (nSPS) is 18.1. The Labute approximate surface area is 135 Å². The molecule has 0 radical (unpaired) electrons. The Bertz CT molecular complexity index is 562. The lowest BCUT2D eigenvalue weighted by Gasteiger charge is -2.32. The zero-order valence-corrected chi connectivity index (χ0v) is 13.5. The Kier molecular flexibility index (Phi) is 5.80. The molecule has 1 atom stereocenters. The molecule has 1 heterocycles. The molecule has 3 N–H and O–H groups in total. The van der Waals surface area contributed by atoms with Gasteiger partial charge in [-0.15, -0.1) is 0 Å². The Balaban J connectivity index is 2.03. The van der Waals surface area contributed by atoms with E-state index in [1.807, 2.05) is 13.0 Å². The summed E-state index contributed by atoms with van der Waals surface area (Å²) < 4.78 is 0. The SMILES string of the molecule is Cc1ccc(C(=O)N2CCCC(C(=O)NCCN)C2)cc1Cl. The zero-order valence-electron chi connectivity index (χ0n) is 12.8. The van der Waals surface area contributed by atoms with Crippen molar-refractivity contribution in [2.45, 2.75) is 19.8 Å². The Morgan fingerprint density at radius 1 is 1.45 bits per heavy atom. The van der Waals surface area contributed by atoms with Gasteiger partial charge < -0.3 is 16.0 Å². The highest BCUT2D eigenvalue weighted by Gasteiger charge is 2.28. The molecular formula is C16H22ClN3O2. The summed E-state index contributed by atoms with van der Waals surface area (Å²) in [7, 11) is 0. The van der Waals surface area contributed by atoms with Crippen molar-refractivity contribution in [3.63, 3.8) is 0 Å². The lowest BCUT2D eigenvalue weighted by atomic mass is 9.96. The second kappa shape index (κ2) is 7.61. The van der Waals surface area contributed by atoms with Crippen molar-refractivity contribution in [1.82, 2.24) is 10.2 Å². The number of aryl methyl sites for hydroxylation is 1. The summed E-state index contributed by atoms with van der Waals surface area (Å²) in [6.07, 6.45) is 1.63. The number of carbonyl (C=O) groups excluding carboxylic acids is 2. The van der Waals surface area contributed by atoms with Gasteiger partial charge in [0.25, 0.3) is 5.91 Å². The number of benzene rings is 1. The van der Waals surface area contributed by atoms with E-state index in [2.05, 4.69) is 5.32 Å². The molecule has 2 amide bonds. The number of halogens is 1. The molecule has 6 heteroatoms. The fourth-order valence-electron chi connectivity index (χ4n) is 2.62. The van der Waals surface area contributed by atoms with Crippen molar-refractivity contribution in [1.29, 1.82) is 0 Å². The fourth-order valence-corrected chi connectivity index (χ4v) is 2.80. The average molecular weight is 324 g/mol. The molecule has 2 rings (SSSR count). The monoisotopic (exact) mass is 323 g/mol. The topological polar surface area (TPSA) is 75.4 Å². The van der Waals surface area contributed by atoms with E-state index in [1.165, 1.54) is 0 Å². The molecule has 1 saturated heterocycles. The first kappa shape index (κ1) is 16.8. The number of nitrogens with one attached hydrogen (secondary N) is 1. The van der Waals surface area contributed by atoms with Crippen LogP contribution in [0, 0.1) is 12.8 Å². The zero-order chi connectivity index (χ0) is 16.1. The van der Waals surface area contributed by atoms with Crippen LogP contribution in [0.5, 0.6) is 0 Å². The number of piperidine rings is 1. The third kappa shape index (κ3) is 3.99. The Hall–Kier alpha value is -1.59. The smallest absolute Gasteiger partial charge is 0.253 e. The minimum Gasteiger partial charge on any atom is -0.355 e. The van der Waals surface area contributed by atoms with Crippen molar-refractivity contribution in [3.05, 3.63) is 34.3 Å². The van der Waals surface area contributed by atoms with E-state index in [9.17, 15) is 9.59 Å². The Morgan fingerprint density at radius 2 is 2.23 bits per heavy atom. The number of amides is 2. The van der Waals surface area contributed by atoms with E-state index in [1.54, 1.807) is 17.0 Å². The first-order valence-electron chi connectivity index (χ1n) is 7.56. The first-order valence-corrected chi connectivity index (χ1v) is 7.94. The van der Waals surface area contributed by atoms with Crippen LogP contribution >= 0.6 is 11.6 Å². The third-order valence-corrected chi connectivity index (χ3v) is 4.35. The van der Waals surface area contributed by atoms with Crippen LogP contribution in [0.1, 0.15) is 28.8 Å². The lowest BCUT2D eigenvalue weighted by Crippen LogP contribution is -2.46. The van der Waals surface area contributed by atoms with Gasteiger partial charge in [0.2, 0.25) is 5.91 Å². The highest BCUT2D eigenvalue weighted by atomic mass is 35.5. The van der Waals surface area contributed by atoms with E-state index in [-0.39, 0.29) is 17.7 Å². The van der Waals surface area contributed by atoms with Crippen LogP contribution in [0.2, 0.25) is 5.02 Å². The maximum absolute atomic E-state index is 12.6. The van der Waals surface area contributed by atoms with E-state index in [0.717, 1.165) is 18.4 Å². The largest absolute Gasteiger partial charge is 0.355 e. The molecule has 1 aliphatic rings. The number of hydrogen-bond donors (Lipinski definition) is 2. The minimum atomic E-state index is -0.162. The second-order valence-electron chi connectivity index (χ2n) is 5.63. The summed E-state index contributed by atoms with van der Waals surface area (Å²) in [4.78, 5) is 26.3. The minimum absolute atomic E-state index is 0.0233. The molecule has 22 heavy (non-hydrogen) atoms. The molecule has 0 spiro atoms. The maximum Gasteiger partial charge on any atom is 0.253 e. The van der Waals surface area contributed by atoms with Crippen LogP contribution in [0.25, 0.3) is 0 Å². The van der Waals surface area contributed by atoms with E-state index >= 15 is 0 Å². The molecular weight excluding hydrogens is 302 g/mol. The standard InChI is InChI=1S/C16H22ClN3O2/c1-11-4-5-12(9-14(11)17)16(22)20-8-2-3-13(10-20)15(21)19-7-6-18/h4-5,9,13H,2-3,6-8,10,18H2,1H3,(H,19,21). The van der Waals surface area contributed by atoms with Gasteiger partial charge in [0.05, 0.1) is 5.92 Å². The quantitative estimate of drug-likeness (QED) is 0.883.